The largest absolute Gasteiger partial charge is 0.479 e. The number of aliphatic imine (C=N–C) groups is 1. The van der Waals surface area contributed by atoms with Crippen molar-refractivity contribution in [3.8, 4) is 0 Å². The van der Waals surface area contributed by atoms with Gasteiger partial charge in [-0.25, -0.2) is 9.79 Å². The summed E-state index contributed by atoms with van der Waals surface area (Å²) in [5.41, 5.74) is 0.774. The van der Waals surface area contributed by atoms with E-state index < -0.39 is 12.2 Å². The van der Waals surface area contributed by atoms with Gasteiger partial charge in [0, 0.05) is 0 Å². The molecule has 0 N–H and O–H groups in total. The van der Waals surface area contributed by atoms with Crippen molar-refractivity contribution in [1.29, 1.82) is 0 Å². The Balaban J connectivity index is 2.01. The summed E-state index contributed by atoms with van der Waals surface area (Å²) in [5.74, 6) is 0.751. The van der Waals surface area contributed by atoms with Crippen LogP contribution in [0, 0.1) is 11.8 Å². The van der Waals surface area contributed by atoms with Crippen LogP contribution in [0.3, 0.4) is 0 Å². The van der Waals surface area contributed by atoms with Crippen molar-refractivity contribution < 1.29 is 19.0 Å². The summed E-state index contributed by atoms with van der Waals surface area (Å²) in [6.07, 6.45) is -1.06. The Kier molecular flexibility index (Phi) is 6.16. The zero-order valence-electron chi connectivity index (χ0n) is 14.2. The monoisotopic (exact) mass is 319 g/mol. The van der Waals surface area contributed by atoms with E-state index in [2.05, 4.69) is 18.8 Å². The number of carbonyl (C=O) groups excluding carboxylic acids is 1. The van der Waals surface area contributed by atoms with Crippen molar-refractivity contribution in [3.05, 3.63) is 30.3 Å². The van der Waals surface area contributed by atoms with Crippen molar-refractivity contribution in [2.24, 2.45) is 16.8 Å². The Morgan fingerprint density at radius 2 is 1.65 bits per heavy atom. The Morgan fingerprint density at radius 1 is 1.04 bits per heavy atom. The van der Waals surface area contributed by atoms with Crippen LogP contribution in [-0.2, 0) is 19.0 Å². The molecular formula is C18H25NO4. The highest BCUT2D eigenvalue weighted by molar-refractivity contribution is 5.94. The van der Waals surface area contributed by atoms with Crippen LogP contribution in [0.1, 0.15) is 27.7 Å². The third kappa shape index (κ3) is 5.67. The first kappa shape index (κ1) is 17.5. The average Bonchev–Trinajstić information content (AvgIpc) is 3.30. The highest BCUT2D eigenvalue weighted by atomic mass is 16.7. The molecule has 1 aliphatic heterocycles. The number of nitrogens with zero attached hydrogens (tertiary/aromatic N) is 1. The second-order valence-electron chi connectivity index (χ2n) is 6.49. The molecule has 0 radical (unpaired) electrons. The van der Waals surface area contributed by atoms with Gasteiger partial charge in [0.05, 0.1) is 18.9 Å². The number of esters is 1. The van der Waals surface area contributed by atoms with Gasteiger partial charge in [0.15, 0.2) is 12.2 Å². The maximum Gasteiger partial charge on any atom is 0.338 e. The molecule has 0 aromatic heterocycles. The molecule has 1 fully saturated rings. The highest BCUT2D eigenvalue weighted by Gasteiger charge is 2.51. The number of benzene rings is 1. The average molecular weight is 319 g/mol. The molecule has 0 bridgehead atoms. The zero-order chi connectivity index (χ0) is 16.8. The molecule has 1 saturated heterocycles. The molecule has 2 rings (SSSR count). The number of ether oxygens (including phenoxy) is 3. The second-order valence-corrected chi connectivity index (χ2v) is 6.49. The van der Waals surface area contributed by atoms with Gasteiger partial charge < -0.3 is 14.2 Å². The zero-order valence-corrected chi connectivity index (χ0v) is 14.2. The van der Waals surface area contributed by atoms with Crippen molar-refractivity contribution in [2.45, 2.75) is 39.9 Å². The van der Waals surface area contributed by atoms with E-state index in [4.69, 9.17) is 14.2 Å². The Hall–Kier alpha value is -1.88. The van der Waals surface area contributed by atoms with Gasteiger partial charge in [-0.15, -0.1) is 0 Å². The van der Waals surface area contributed by atoms with E-state index in [0.717, 1.165) is 5.69 Å². The van der Waals surface area contributed by atoms with Crippen LogP contribution in [0.4, 0.5) is 5.69 Å². The van der Waals surface area contributed by atoms with Crippen LogP contribution in [0.25, 0.3) is 0 Å². The van der Waals surface area contributed by atoms with Gasteiger partial charge in [0.2, 0.25) is 5.90 Å². The second kappa shape index (κ2) is 8.11. The van der Waals surface area contributed by atoms with E-state index >= 15 is 0 Å². The molecule has 5 nitrogen and oxygen atoms in total. The van der Waals surface area contributed by atoms with Crippen molar-refractivity contribution in [2.75, 3.05) is 13.2 Å². The lowest BCUT2D eigenvalue weighted by molar-refractivity contribution is -0.146. The molecule has 0 spiro atoms. The van der Waals surface area contributed by atoms with Crippen molar-refractivity contribution in [3.63, 3.8) is 0 Å². The van der Waals surface area contributed by atoms with Gasteiger partial charge in [0.25, 0.3) is 0 Å². The molecule has 2 atom stereocenters. The molecule has 0 saturated carbocycles. The van der Waals surface area contributed by atoms with Gasteiger partial charge >= 0.3 is 5.97 Å². The maximum absolute atomic E-state index is 12.0. The minimum absolute atomic E-state index is 0.297. The van der Waals surface area contributed by atoms with E-state index in [-0.39, 0.29) is 5.97 Å². The standard InChI is InChI=1S/C18H25NO4/c1-12(2)10-21-17(19-14-8-6-5-7-9-14)15-16(23-15)18(20)22-11-13(3)4/h5-9,12-13,15-16H,10-11H2,1-4H3. The predicted molar refractivity (Wildman–Crippen MR) is 88.8 cm³/mol. The van der Waals surface area contributed by atoms with Gasteiger partial charge in [-0.05, 0) is 24.0 Å². The number of para-hydroxylation sites is 1. The predicted octanol–water partition coefficient (Wildman–Crippen LogP) is 3.36. The lowest BCUT2D eigenvalue weighted by Gasteiger charge is -2.10. The molecular weight excluding hydrogens is 294 g/mol. The number of hydrogen-bond donors (Lipinski definition) is 0. The van der Waals surface area contributed by atoms with E-state index in [0.29, 0.717) is 30.9 Å². The molecule has 2 unspecified atom stereocenters. The van der Waals surface area contributed by atoms with Crippen molar-refractivity contribution in [1.82, 2.24) is 0 Å². The van der Waals surface area contributed by atoms with Gasteiger partial charge in [-0.2, -0.15) is 0 Å². The van der Waals surface area contributed by atoms with E-state index in [1.807, 2.05) is 44.2 Å². The van der Waals surface area contributed by atoms with Crippen LogP contribution >= 0.6 is 0 Å². The van der Waals surface area contributed by atoms with Crippen LogP contribution < -0.4 is 0 Å². The molecule has 1 heterocycles. The molecule has 0 aliphatic carbocycles. The minimum Gasteiger partial charge on any atom is -0.479 e. The number of rotatable bonds is 7. The fourth-order valence-corrected chi connectivity index (χ4v) is 1.87. The lowest BCUT2D eigenvalue weighted by Crippen LogP contribution is -2.23. The first-order valence-corrected chi connectivity index (χ1v) is 8.06. The summed E-state index contributed by atoms with van der Waals surface area (Å²) >= 11 is 0. The summed E-state index contributed by atoms with van der Waals surface area (Å²) in [4.78, 5) is 16.4. The van der Waals surface area contributed by atoms with Crippen LogP contribution in [-0.4, -0.2) is 37.3 Å². The molecule has 1 aliphatic rings. The first-order chi connectivity index (χ1) is 11.0. The highest BCUT2D eigenvalue weighted by Crippen LogP contribution is 2.28. The Labute approximate surface area is 137 Å². The van der Waals surface area contributed by atoms with Gasteiger partial charge in [-0.3, -0.25) is 0 Å². The third-order valence-electron chi connectivity index (χ3n) is 3.09. The first-order valence-electron chi connectivity index (χ1n) is 8.06. The molecule has 0 amide bonds. The quantitative estimate of drug-likeness (QED) is 0.335. The van der Waals surface area contributed by atoms with Crippen LogP contribution in [0.15, 0.2) is 35.3 Å². The van der Waals surface area contributed by atoms with Gasteiger partial charge in [-0.1, -0.05) is 45.9 Å². The summed E-state index contributed by atoms with van der Waals surface area (Å²) in [7, 11) is 0. The van der Waals surface area contributed by atoms with Crippen LogP contribution in [0.2, 0.25) is 0 Å². The summed E-state index contributed by atoms with van der Waals surface area (Å²) in [6.45, 7) is 9.02. The number of hydrogen-bond acceptors (Lipinski definition) is 5. The molecule has 1 aromatic carbocycles. The Bertz CT molecular complexity index is 539. The Morgan fingerprint density at radius 3 is 2.26 bits per heavy atom. The van der Waals surface area contributed by atoms with E-state index in [1.54, 1.807) is 0 Å². The van der Waals surface area contributed by atoms with E-state index in [1.165, 1.54) is 0 Å². The van der Waals surface area contributed by atoms with E-state index in [9.17, 15) is 4.79 Å². The number of epoxide rings is 1. The topological polar surface area (TPSA) is 60.4 Å². The summed E-state index contributed by atoms with van der Waals surface area (Å²) in [6, 6.07) is 9.50. The molecule has 5 heteroatoms. The molecule has 23 heavy (non-hydrogen) atoms. The minimum atomic E-state index is -0.608. The number of carbonyl (C=O) groups is 1. The summed E-state index contributed by atoms with van der Waals surface area (Å²) < 4.78 is 16.4. The lowest BCUT2D eigenvalue weighted by atomic mass is 10.2. The smallest absolute Gasteiger partial charge is 0.338 e. The molecule has 1 aromatic rings. The maximum atomic E-state index is 12.0. The SMILES string of the molecule is CC(C)COC(=O)C1OC1C(=Nc1ccccc1)OCC(C)C. The fraction of sp³-hybridized carbons (Fsp3) is 0.556. The fourth-order valence-electron chi connectivity index (χ4n) is 1.87. The third-order valence-corrected chi connectivity index (χ3v) is 3.09. The van der Waals surface area contributed by atoms with Crippen molar-refractivity contribution >= 4 is 17.6 Å². The normalized spacial score (nSPS) is 20.7. The van der Waals surface area contributed by atoms with Crippen LogP contribution in [0.5, 0.6) is 0 Å². The summed E-state index contributed by atoms with van der Waals surface area (Å²) in [5, 5.41) is 0. The van der Waals surface area contributed by atoms with Gasteiger partial charge in [0.1, 0.15) is 0 Å². The molecule has 126 valence electrons.